The summed E-state index contributed by atoms with van der Waals surface area (Å²) in [5, 5.41) is 0. The predicted octanol–water partition coefficient (Wildman–Crippen LogP) is 3.36. The first-order valence-electron chi connectivity index (χ1n) is 5.03. The molecule has 14 heavy (non-hydrogen) atoms. The van der Waals surface area contributed by atoms with Gasteiger partial charge in [0.1, 0.15) is 5.78 Å². The van der Waals surface area contributed by atoms with E-state index in [1.807, 2.05) is 18.2 Å². The first-order valence-corrected chi connectivity index (χ1v) is 5.83. The summed E-state index contributed by atoms with van der Waals surface area (Å²) >= 11 is 3.51. The van der Waals surface area contributed by atoms with E-state index in [1.54, 1.807) is 0 Å². The average molecular weight is 253 g/mol. The number of carbonyl (C=O) groups is 1. The number of carbonyl (C=O) groups excluding carboxylic acids is 1. The van der Waals surface area contributed by atoms with Gasteiger partial charge in [0.15, 0.2) is 0 Å². The zero-order valence-electron chi connectivity index (χ0n) is 8.00. The van der Waals surface area contributed by atoms with Gasteiger partial charge in [0, 0.05) is 16.8 Å². The van der Waals surface area contributed by atoms with Crippen LogP contribution in [0.25, 0.3) is 0 Å². The molecule has 0 spiro atoms. The summed E-state index contributed by atoms with van der Waals surface area (Å²) in [7, 11) is 0. The maximum absolute atomic E-state index is 11.5. The molecule has 0 amide bonds. The van der Waals surface area contributed by atoms with Crippen molar-refractivity contribution in [2.45, 2.75) is 25.7 Å². The topological polar surface area (TPSA) is 17.1 Å². The molecule has 0 unspecified atom stereocenters. The maximum Gasteiger partial charge on any atom is 0.136 e. The minimum atomic E-state index is 0.272. The van der Waals surface area contributed by atoms with Crippen molar-refractivity contribution in [3.05, 3.63) is 34.3 Å². The van der Waals surface area contributed by atoms with Crippen LogP contribution in [0.4, 0.5) is 0 Å². The van der Waals surface area contributed by atoms with E-state index in [-0.39, 0.29) is 5.92 Å². The quantitative estimate of drug-likeness (QED) is 0.789. The maximum atomic E-state index is 11.5. The fraction of sp³-hybridized carbons (Fsp3) is 0.417. The van der Waals surface area contributed by atoms with Gasteiger partial charge in [-0.2, -0.15) is 0 Å². The van der Waals surface area contributed by atoms with Gasteiger partial charge in [0.2, 0.25) is 0 Å². The van der Waals surface area contributed by atoms with Crippen molar-refractivity contribution in [1.29, 1.82) is 0 Å². The first-order chi connectivity index (χ1) is 6.77. The Bertz CT molecular complexity index is 346. The molecule has 0 radical (unpaired) electrons. The third-order valence-electron chi connectivity index (χ3n) is 2.86. The second-order valence-electron chi connectivity index (χ2n) is 3.85. The Morgan fingerprint density at radius 2 is 2.14 bits per heavy atom. The second-order valence-corrected chi connectivity index (χ2v) is 4.71. The van der Waals surface area contributed by atoms with Gasteiger partial charge in [0.05, 0.1) is 0 Å². The molecule has 2 heteroatoms. The van der Waals surface area contributed by atoms with Crippen molar-refractivity contribution in [3.63, 3.8) is 0 Å². The van der Waals surface area contributed by atoms with Crippen LogP contribution in [0, 0.1) is 5.92 Å². The molecule has 74 valence electrons. The molecule has 2 rings (SSSR count). The van der Waals surface area contributed by atoms with Crippen molar-refractivity contribution >= 4 is 21.7 Å². The Morgan fingerprint density at radius 3 is 2.79 bits per heavy atom. The molecule has 0 heterocycles. The van der Waals surface area contributed by atoms with Crippen LogP contribution in [0.15, 0.2) is 28.7 Å². The highest BCUT2D eigenvalue weighted by molar-refractivity contribution is 9.10. The number of Topliss-reactive ketones (excluding diaryl/α,β-unsaturated/α-hetero) is 1. The fourth-order valence-corrected chi connectivity index (χ4v) is 2.48. The minimum Gasteiger partial charge on any atom is -0.299 e. The number of hydrogen-bond donors (Lipinski definition) is 0. The SMILES string of the molecule is O=C1CCC[C@@H]1Cc1ccccc1Br. The van der Waals surface area contributed by atoms with E-state index in [0.29, 0.717) is 5.78 Å². The molecule has 1 atom stereocenters. The van der Waals surface area contributed by atoms with Gasteiger partial charge in [-0.1, -0.05) is 34.1 Å². The van der Waals surface area contributed by atoms with Gasteiger partial charge < -0.3 is 0 Å². The summed E-state index contributed by atoms with van der Waals surface area (Å²) in [6, 6.07) is 8.16. The van der Waals surface area contributed by atoms with E-state index in [9.17, 15) is 4.79 Å². The minimum absolute atomic E-state index is 0.272. The van der Waals surface area contributed by atoms with Crippen LogP contribution in [0.5, 0.6) is 0 Å². The van der Waals surface area contributed by atoms with Gasteiger partial charge in [0.25, 0.3) is 0 Å². The number of hydrogen-bond acceptors (Lipinski definition) is 1. The van der Waals surface area contributed by atoms with Crippen LogP contribution in [-0.2, 0) is 11.2 Å². The highest BCUT2D eigenvalue weighted by Gasteiger charge is 2.24. The average Bonchev–Trinajstić information content (AvgIpc) is 2.56. The van der Waals surface area contributed by atoms with Crippen molar-refractivity contribution in [3.8, 4) is 0 Å². The van der Waals surface area contributed by atoms with Crippen LogP contribution in [-0.4, -0.2) is 5.78 Å². The summed E-state index contributed by atoms with van der Waals surface area (Å²) in [5.74, 6) is 0.717. The summed E-state index contributed by atoms with van der Waals surface area (Å²) in [4.78, 5) is 11.5. The Balaban J connectivity index is 2.10. The third-order valence-corrected chi connectivity index (χ3v) is 3.63. The lowest BCUT2D eigenvalue weighted by molar-refractivity contribution is -0.120. The van der Waals surface area contributed by atoms with Crippen molar-refractivity contribution in [2.24, 2.45) is 5.92 Å². The van der Waals surface area contributed by atoms with Gasteiger partial charge >= 0.3 is 0 Å². The molecule has 1 fully saturated rings. The normalized spacial score (nSPS) is 21.5. The number of halogens is 1. The smallest absolute Gasteiger partial charge is 0.136 e. The van der Waals surface area contributed by atoms with Crippen LogP contribution >= 0.6 is 15.9 Å². The van der Waals surface area contributed by atoms with Gasteiger partial charge in [-0.05, 0) is 30.9 Å². The molecule has 0 aromatic heterocycles. The molecular formula is C12H13BrO. The van der Waals surface area contributed by atoms with Gasteiger partial charge in [-0.25, -0.2) is 0 Å². The fourth-order valence-electron chi connectivity index (χ4n) is 2.03. The molecule has 1 aliphatic carbocycles. The molecule has 0 bridgehead atoms. The van der Waals surface area contributed by atoms with Gasteiger partial charge in [-0.15, -0.1) is 0 Å². The van der Waals surface area contributed by atoms with E-state index in [2.05, 4.69) is 22.0 Å². The third kappa shape index (κ3) is 2.06. The van der Waals surface area contributed by atoms with E-state index < -0.39 is 0 Å². The van der Waals surface area contributed by atoms with Crippen molar-refractivity contribution in [2.75, 3.05) is 0 Å². The van der Waals surface area contributed by atoms with Gasteiger partial charge in [-0.3, -0.25) is 4.79 Å². The standard InChI is InChI=1S/C12H13BrO/c13-11-6-2-1-4-9(11)8-10-5-3-7-12(10)14/h1-2,4,6,10H,3,5,7-8H2/t10-/m1/s1. The zero-order valence-corrected chi connectivity index (χ0v) is 9.59. The Morgan fingerprint density at radius 1 is 1.36 bits per heavy atom. The highest BCUT2D eigenvalue weighted by atomic mass is 79.9. The highest BCUT2D eigenvalue weighted by Crippen LogP contribution is 2.27. The Kier molecular flexibility index (Phi) is 3.02. The Labute approximate surface area is 92.6 Å². The molecule has 0 saturated heterocycles. The van der Waals surface area contributed by atoms with Crippen molar-refractivity contribution < 1.29 is 4.79 Å². The summed E-state index contributed by atoms with van der Waals surface area (Å²) < 4.78 is 1.12. The zero-order chi connectivity index (χ0) is 9.97. The lowest BCUT2D eigenvalue weighted by atomic mass is 9.97. The van der Waals surface area contributed by atoms with E-state index in [0.717, 1.165) is 30.2 Å². The molecule has 0 aliphatic heterocycles. The van der Waals surface area contributed by atoms with Crippen molar-refractivity contribution in [1.82, 2.24) is 0 Å². The van der Waals surface area contributed by atoms with Crippen LogP contribution < -0.4 is 0 Å². The molecule has 1 nitrogen and oxygen atoms in total. The lowest BCUT2D eigenvalue weighted by Crippen LogP contribution is -2.09. The number of benzene rings is 1. The largest absolute Gasteiger partial charge is 0.299 e. The summed E-state index contributed by atoms with van der Waals surface area (Å²) in [5.41, 5.74) is 1.26. The lowest BCUT2D eigenvalue weighted by Gasteiger charge is -2.09. The molecule has 0 N–H and O–H groups in total. The van der Waals surface area contributed by atoms with Crippen LogP contribution in [0.1, 0.15) is 24.8 Å². The molecule has 1 aromatic carbocycles. The molecule has 1 saturated carbocycles. The van der Waals surface area contributed by atoms with Crippen LogP contribution in [0.2, 0.25) is 0 Å². The predicted molar refractivity (Wildman–Crippen MR) is 60.2 cm³/mol. The molecule has 1 aromatic rings. The summed E-state index contributed by atoms with van der Waals surface area (Å²) in [6.45, 7) is 0. The molecular weight excluding hydrogens is 240 g/mol. The monoisotopic (exact) mass is 252 g/mol. The summed E-state index contributed by atoms with van der Waals surface area (Å²) in [6.07, 6.45) is 3.84. The Hall–Kier alpha value is -0.630. The van der Waals surface area contributed by atoms with E-state index >= 15 is 0 Å². The second kappa shape index (κ2) is 4.26. The first kappa shape index (κ1) is 9.91. The van der Waals surface area contributed by atoms with Crippen LogP contribution in [0.3, 0.4) is 0 Å². The molecule has 1 aliphatic rings. The van der Waals surface area contributed by atoms with E-state index in [1.165, 1.54) is 5.56 Å². The number of rotatable bonds is 2. The number of ketones is 1. The van der Waals surface area contributed by atoms with E-state index in [4.69, 9.17) is 0 Å².